The SMILES string of the molecule is CNC(c1cc(F)ccc1F)c1sccc1C. The quantitative estimate of drug-likeness (QED) is 0.880. The molecule has 1 unspecified atom stereocenters. The molecule has 0 aliphatic carbocycles. The number of hydrogen-bond acceptors (Lipinski definition) is 2. The highest BCUT2D eigenvalue weighted by atomic mass is 32.1. The fraction of sp³-hybridized carbons (Fsp3) is 0.231. The Morgan fingerprint density at radius 2 is 2.00 bits per heavy atom. The van der Waals surface area contributed by atoms with Crippen molar-refractivity contribution in [2.45, 2.75) is 13.0 Å². The van der Waals surface area contributed by atoms with Crippen LogP contribution >= 0.6 is 11.3 Å². The third kappa shape index (κ3) is 2.37. The largest absolute Gasteiger partial charge is 0.309 e. The minimum absolute atomic E-state index is 0.300. The average molecular weight is 253 g/mol. The van der Waals surface area contributed by atoms with Crippen molar-refractivity contribution in [2.24, 2.45) is 0 Å². The molecule has 0 radical (unpaired) electrons. The number of rotatable bonds is 3. The summed E-state index contributed by atoms with van der Waals surface area (Å²) in [4.78, 5) is 1.01. The number of benzene rings is 1. The van der Waals surface area contributed by atoms with Crippen LogP contribution in [0.4, 0.5) is 8.78 Å². The van der Waals surface area contributed by atoms with E-state index in [1.54, 1.807) is 18.4 Å². The normalized spacial score (nSPS) is 12.7. The molecule has 17 heavy (non-hydrogen) atoms. The molecule has 0 aliphatic heterocycles. The Morgan fingerprint density at radius 1 is 1.24 bits per heavy atom. The lowest BCUT2D eigenvalue weighted by Gasteiger charge is -2.17. The molecule has 1 nitrogen and oxygen atoms in total. The maximum atomic E-state index is 13.7. The summed E-state index contributed by atoms with van der Waals surface area (Å²) >= 11 is 1.54. The summed E-state index contributed by atoms with van der Waals surface area (Å²) in [6.07, 6.45) is 0. The molecule has 0 spiro atoms. The van der Waals surface area contributed by atoms with Gasteiger partial charge < -0.3 is 5.32 Å². The summed E-state index contributed by atoms with van der Waals surface area (Å²) < 4.78 is 26.9. The maximum absolute atomic E-state index is 13.7. The van der Waals surface area contributed by atoms with Gasteiger partial charge in [-0.05, 0) is 49.2 Å². The van der Waals surface area contributed by atoms with Crippen LogP contribution in [0.25, 0.3) is 0 Å². The number of nitrogens with one attached hydrogen (secondary N) is 1. The van der Waals surface area contributed by atoms with Crippen molar-refractivity contribution in [3.8, 4) is 0 Å². The van der Waals surface area contributed by atoms with Crippen LogP contribution in [0.1, 0.15) is 22.0 Å². The average Bonchev–Trinajstić information content (AvgIpc) is 2.71. The van der Waals surface area contributed by atoms with Crippen molar-refractivity contribution in [3.05, 3.63) is 57.3 Å². The number of aryl methyl sites for hydroxylation is 1. The first-order chi connectivity index (χ1) is 8.13. The zero-order valence-electron chi connectivity index (χ0n) is 9.63. The first kappa shape index (κ1) is 12.2. The van der Waals surface area contributed by atoms with Gasteiger partial charge in [0.15, 0.2) is 0 Å². The van der Waals surface area contributed by atoms with Crippen molar-refractivity contribution in [3.63, 3.8) is 0 Å². The molecule has 1 aromatic heterocycles. The molecule has 0 saturated carbocycles. The summed E-state index contributed by atoms with van der Waals surface area (Å²) in [5.41, 5.74) is 1.43. The first-order valence-corrected chi connectivity index (χ1v) is 6.17. The van der Waals surface area contributed by atoms with Gasteiger partial charge in [-0.1, -0.05) is 0 Å². The number of thiophene rings is 1. The summed E-state index contributed by atoms with van der Waals surface area (Å²) in [7, 11) is 1.74. The van der Waals surface area contributed by atoms with Crippen molar-refractivity contribution in [1.29, 1.82) is 0 Å². The molecule has 0 aliphatic rings. The van der Waals surface area contributed by atoms with Crippen molar-refractivity contribution >= 4 is 11.3 Å². The molecule has 90 valence electrons. The van der Waals surface area contributed by atoms with Crippen molar-refractivity contribution in [2.75, 3.05) is 7.05 Å². The minimum Gasteiger partial charge on any atom is -0.309 e. The second kappa shape index (κ2) is 4.94. The van der Waals surface area contributed by atoms with Gasteiger partial charge in [0.2, 0.25) is 0 Å². The standard InChI is InChI=1S/C13H13F2NS/c1-8-5-6-17-13(8)12(16-2)10-7-9(14)3-4-11(10)15/h3-7,12,16H,1-2H3. The Bertz CT molecular complexity index is 522. The monoisotopic (exact) mass is 253 g/mol. The second-order valence-corrected chi connectivity index (χ2v) is 4.80. The summed E-state index contributed by atoms with van der Waals surface area (Å²) in [5, 5.41) is 4.98. The van der Waals surface area contributed by atoms with Gasteiger partial charge >= 0.3 is 0 Å². The molecule has 1 atom stereocenters. The molecule has 0 bridgehead atoms. The van der Waals surface area contributed by atoms with Gasteiger partial charge in [0, 0.05) is 10.4 Å². The molecular weight excluding hydrogens is 240 g/mol. The van der Waals surface area contributed by atoms with E-state index in [1.807, 2.05) is 18.4 Å². The molecule has 1 aromatic carbocycles. The van der Waals surface area contributed by atoms with Crippen LogP contribution in [0, 0.1) is 18.6 Å². The predicted molar refractivity (Wildman–Crippen MR) is 66.3 cm³/mol. The Balaban J connectivity index is 2.49. The third-order valence-electron chi connectivity index (χ3n) is 2.72. The van der Waals surface area contributed by atoms with Gasteiger partial charge in [0.1, 0.15) is 11.6 Å². The van der Waals surface area contributed by atoms with Crippen LogP contribution in [0.15, 0.2) is 29.6 Å². The molecule has 0 fully saturated rings. The van der Waals surface area contributed by atoms with Crippen LogP contribution in [0.2, 0.25) is 0 Å². The predicted octanol–water partition coefficient (Wildman–Crippen LogP) is 3.64. The van der Waals surface area contributed by atoms with E-state index < -0.39 is 11.6 Å². The molecule has 0 amide bonds. The van der Waals surface area contributed by atoms with Crippen LogP contribution < -0.4 is 5.32 Å². The van der Waals surface area contributed by atoms with Gasteiger partial charge in [-0.3, -0.25) is 0 Å². The van der Waals surface area contributed by atoms with E-state index in [9.17, 15) is 8.78 Å². The Hall–Kier alpha value is -1.26. The molecule has 0 saturated heterocycles. The molecule has 1 N–H and O–H groups in total. The fourth-order valence-corrected chi connectivity index (χ4v) is 2.90. The Morgan fingerprint density at radius 3 is 2.59 bits per heavy atom. The maximum Gasteiger partial charge on any atom is 0.128 e. The van der Waals surface area contributed by atoms with E-state index in [-0.39, 0.29) is 6.04 Å². The molecule has 1 heterocycles. The van der Waals surface area contributed by atoms with Crippen molar-refractivity contribution < 1.29 is 8.78 Å². The van der Waals surface area contributed by atoms with E-state index in [2.05, 4.69) is 5.32 Å². The lowest BCUT2D eigenvalue weighted by molar-refractivity contribution is 0.560. The first-order valence-electron chi connectivity index (χ1n) is 5.29. The van der Waals surface area contributed by atoms with Gasteiger partial charge in [-0.15, -0.1) is 11.3 Å². The molecule has 2 rings (SSSR count). The highest BCUT2D eigenvalue weighted by molar-refractivity contribution is 7.10. The summed E-state index contributed by atoms with van der Waals surface area (Å²) in [6, 6.07) is 5.22. The van der Waals surface area contributed by atoms with Crippen LogP contribution in [-0.2, 0) is 0 Å². The highest BCUT2D eigenvalue weighted by Gasteiger charge is 2.19. The Kier molecular flexibility index (Phi) is 3.54. The number of halogens is 2. The Labute approximate surface area is 103 Å². The molecule has 4 heteroatoms. The zero-order chi connectivity index (χ0) is 12.4. The molecular formula is C13H13F2NS. The summed E-state index contributed by atoms with van der Waals surface area (Å²) in [6.45, 7) is 1.97. The van der Waals surface area contributed by atoms with E-state index in [0.717, 1.165) is 22.6 Å². The van der Waals surface area contributed by atoms with Crippen LogP contribution in [0.3, 0.4) is 0 Å². The highest BCUT2D eigenvalue weighted by Crippen LogP contribution is 2.30. The lowest BCUT2D eigenvalue weighted by atomic mass is 10.0. The van der Waals surface area contributed by atoms with Crippen LogP contribution in [-0.4, -0.2) is 7.05 Å². The second-order valence-electron chi connectivity index (χ2n) is 3.86. The van der Waals surface area contributed by atoms with E-state index in [0.29, 0.717) is 5.56 Å². The minimum atomic E-state index is -0.421. The topological polar surface area (TPSA) is 12.0 Å². The molecule has 2 aromatic rings. The van der Waals surface area contributed by atoms with Crippen molar-refractivity contribution in [1.82, 2.24) is 5.32 Å². The van der Waals surface area contributed by atoms with Crippen LogP contribution in [0.5, 0.6) is 0 Å². The smallest absolute Gasteiger partial charge is 0.128 e. The van der Waals surface area contributed by atoms with Gasteiger partial charge in [-0.25, -0.2) is 8.78 Å². The van der Waals surface area contributed by atoms with E-state index >= 15 is 0 Å². The fourth-order valence-electron chi connectivity index (χ4n) is 1.84. The van der Waals surface area contributed by atoms with Gasteiger partial charge in [-0.2, -0.15) is 0 Å². The van der Waals surface area contributed by atoms with E-state index in [4.69, 9.17) is 0 Å². The van der Waals surface area contributed by atoms with Gasteiger partial charge in [0.05, 0.1) is 6.04 Å². The summed E-state index contributed by atoms with van der Waals surface area (Å²) in [5.74, 6) is -0.811. The lowest BCUT2D eigenvalue weighted by Crippen LogP contribution is -2.18. The number of hydrogen-bond donors (Lipinski definition) is 1. The van der Waals surface area contributed by atoms with Gasteiger partial charge in [0.25, 0.3) is 0 Å². The zero-order valence-corrected chi connectivity index (χ0v) is 10.4. The van der Waals surface area contributed by atoms with E-state index in [1.165, 1.54) is 6.07 Å². The third-order valence-corrected chi connectivity index (χ3v) is 3.81.